The first kappa shape index (κ1) is 14.2. The standard InChI is InChI=1S/C16H15BrFN3/c1-2-19-16(11-6-5-7-13(17)15(11)18)12-10-20-21-9-4-3-8-14(12)21/h3-10,16,19H,2H2,1H3. The van der Waals surface area contributed by atoms with Crippen molar-refractivity contribution in [2.24, 2.45) is 0 Å². The number of hydrogen-bond donors (Lipinski definition) is 1. The molecule has 1 atom stereocenters. The van der Waals surface area contributed by atoms with Crippen molar-refractivity contribution in [1.82, 2.24) is 14.9 Å². The van der Waals surface area contributed by atoms with E-state index in [4.69, 9.17) is 0 Å². The predicted molar refractivity (Wildman–Crippen MR) is 84.8 cm³/mol. The van der Waals surface area contributed by atoms with Gasteiger partial charge in [-0.2, -0.15) is 5.10 Å². The molecule has 0 aliphatic carbocycles. The lowest BCUT2D eigenvalue weighted by molar-refractivity contribution is 0.556. The van der Waals surface area contributed by atoms with Crippen LogP contribution in [-0.2, 0) is 0 Å². The summed E-state index contributed by atoms with van der Waals surface area (Å²) in [6.07, 6.45) is 3.68. The Balaban J connectivity index is 2.16. The van der Waals surface area contributed by atoms with Gasteiger partial charge in [0.25, 0.3) is 0 Å². The lowest BCUT2D eigenvalue weighted by Gasteiger charge is -2.19. The highest BCUT2D eigenvalue weighted by molar-refractivity contribution is 9.10. The number of aromatic nitrogens is 2. The summed E-state index contributed by atoms with van der Waals surface area (Å²) in [5.41, 5.74) is 2.56. The molecule has 0 fully saturated rings. The molecule has 2 aromatic heterocycles. The Morgan fingerprint density at radius 3 is 2.90 bits per heavy atom. The number of halogens is 2. The average Bonchev–Trinajstić information content (AvgIpc) is 2.92. The second kappa shape index (κ2) is 5.95. The third kappa shape index (κ3) is 2.59. The highest BCUT2D eigenvalue weighted by Crippen LogP contribution is 2.30. The van der Waals surface area contributed by atoms with E-state index in [1.54, 1.807) is 22.8 Å². The van der Waals surface area contributed by atoms with Gasteiger partial charge in [-0.1, -0.05) is 25.1 Å². The lowest BCUT2D eigenvalue weighted by Crippen LogP contribution is -2.23. The second-order valence-corrected chi connectivity index (χ2v) is 5.62. The highest BCUT2D eigenvalue weighted by Gasteiger charge is 2.21. The van der Waals surface area contributed by atoms with Crippen LogP contribution in [-0.4, -0.2) is 16.2 Å². The molecular weight excluding hydrogens is 333 g/mol. The maximum Gasteiger partial charge on any atom is 0.142 e. The molecule has 0 aliphatic heterocycles. The summed E-state index contributed by atoms with van der Waals surface area (Å²) >= 11 is 3.25. The van der Waals surface area contributed by atoms with Crippen LogP contribution in [0.1, 0.15) is 24.1 Å². The molecule has 0 spiro atoms. The molecule has 1 N–H and O–H groups in total. The third-order valence-electron chi connectivity index (χ3n) is 3.47. The van der Waals surface area contributed by atoms with E-state index >= 15 is 0 Å². The fraction of sp³-hybridized carbons (Fsp3) is 0.188. The van der Waals surface area contributed by atoms with Crippen LogP contribution in [0.2, 0.25) is 0 Å². The zero-order chi connectivity index (χ0) is 14.8. The van der Waals surface area contributed by atoms with Crippen molar-refractivity contribution >= 4 is 21.4 Å². The van der Waals surface area contributed by atoms with E-state index in [9.17, 15) is 4.39 Å². The van der Waals surface area contributed by atoms with Crippen molar-refractivity contribution in [3.05, 3.63) is 70.2 Å². The largest absolute Gasteiger partial charge is 0.306 e. The molecule has 0 amide bonds. The van der Waals surface area contributed by atoms with Crippen molar-refractivity contribution in [2.75, 3.05) is 6.54 Å². The van der Waals surface area contributed by atoms with E-state index < -0.39 is 0 Å². The number of nitrogens with one attached hydrogen (secondary N) is 1. The highest BCUT2D eigenvalue weighted by atomic mass is 79.9. The maximum absolute atomic E-state index is 14.5. The Bertz CT molecular complexity index is 769. The van der Waals surface area contributed by atoms with Crippen LogP contribution in [0.15, 0.2) is 53.3 Å². The predicted octanol–water partition coefficient (Wildman–Crippen LogP) is 3.93. The van der Waals surface area contributed by atoms with E-state index in [0.29, 0.717) is 10.0 Å². The fourth-order valence-corrected chi connectivity index (χ4v) is 2.89. The SMILES string of the molecule is CCNC(c1cccc(Br)c1F)c1cnn2ccccc12. The molecule has 0 saturated heterocycles. The van der Waals surface area contributed by atoms with E-state index in [2.05, 4.69) is 26.3 Å². The molecule has 5 heteroatoms. The summed E-state index contributed by atoms with van der Waals surface area (Å²) in [4.78, 5) is 0. The minimum Gasteiger partial charge on any atom is -0.306 e. The van der Waals surface area contributed by atoms with Crippen LogP contribution in [0.4, 0.5) is 4.39 Å². The van der Waals surface area contributed by atoms with Gasteiger partial charge in [0.1, 0.15) is 5.82 Å². The molecule has 3 nitrogen and oxygen atoms in total. The van der Waals surface area contributed by atoms with Crippen molar-refractivity contribution in [3.63, 3.8) is 0 Å². The number of rotatable bonds is 4. The normalized spacial score (nSPS) is 12.7. The molecule has 0 saturated carbocycles. The summed E-state index contributed by atoms with van der Waals surface area (Å²) in [5.74, 6) is -0.237. The topological polar surface area (TPSA) is 29.3 Å². The van der Waals surface area contributed by atoms with Gasteiger partial charge in [0.2, 0.25) is 0 Å². The molecule has 108 valence electrons. The monoisotopic (exact) mass is 347 g/mol. The minimum absolute atomic E-state index is 0.229. The lowest BCUT2D eigenvalue weighted by atomic mass is 9.99. The van der Waals surface area contributed by atoms with Gasteiger partial charge in [-0.3, -0.25) is 0 Å². The quantitative estimate of drug-likeness (QED) is 0.774. The van der Waals surface area contributed by atoms with Gasteiger partial charge < -0.3 is 5.32 Å². The Kier molecular flexibility index (Phi) is 4.03. The number of fused-ring (bicyclic) bond motifs is 1. The van der Waals surface area contributed by atoms with Gasteiger partial charge in [0.05, 0.1) is 22.2 Å². The van der Waals surface area contributed by atoms with Crippen molar-refractivity contribution < 1.29 is 4.39 Å². The van der Waals surface area contributed by atoms with Gasteiger partial charge in [0.15, 0.2) is 0 Å². The number of benzene rings is 1. The first-order chi connectivity index (χ1) is 10.2. The summed E-state index contributed by atoms with van der Waals surface area (Å²) in [6.45, 7) is 2.75. The Labute approximate surface area is 130 Å². The Morgan fingerprint density at radius 1 is 1.24 bits per heavy atom. The summed E-state index contributed by atoms with van der Waals surface area (Å²) < 4.78 is 16.7. The smallest absolute Gasteiger partial charge is 0.142 e. The zero-order valence-corrected chi connectivity index (χ0v) is 13.1. The molecule has 1 unspecified atom stereocenters. The van der Waals surface area contributed by atoms with Gasteiger partial charge >= 0.3 is 0 Å². The van der Waals surface area contributed by atoms with Crippen LogP contribution in [0.3, 0.4) is 0 Å². The Hall–Kier alpha value is -1.72. The van der Waals surface area contributed by atoms with E-state index in [0.717, 1.165) is 17.6 Å². The van der Waals surface area contributed by atoms with Crippen LogP contribution in [0.5, 0.6) is 0 Å². The average molecular weight is 348 g/mol. The van der Waals surface area contributed by atoms with Crippen molar-refractivity contribution in [3.8, 4) is 0 Å². The molecule has 3 rings (SSSR count). The zero-order valence-electron chi connectivity index (χ0n) is 11.6. The number of nitrogens with zero attached hydrogens (tertiary/aromatic N) is 2. The number of hydrogen-bond acceptors (Lipinski definition) is 2. The molecule has 21 heavy (non-hydrogen) atoms. The van der Waals surface area contributed by atoms with E-state index in [1.165, 1.54) is 0 Å². The van der Waals surface area contributed by atoms with Gasteiger partial charge in [-0.05, 0) is 40.7 Å². The van der Waals surface area contributed by atoms with Gasteiger partial charge in [-0.15, -0.1) is 0 Å². The summed E-state index contributed by atoms with van der Waals surface area (Å²) in [5, 5.41) is 7.69. The van der Waals surface area contributed by atoms with Crippen LogP contribution in [0.25, 0.3) is 5.52 Å². The molecule has 0 radical (unpaired) electrons. The minimum atomic E-state index is -0.237. The number of pyridine rings is 1. The molecule has 2 heterocycles. The van der Waals surface area contributed by atoms with E-state index in [-0.39, 0.29) is 11.9 Å². The molecular formula is C16H15BrFN3. The molecule has 0 aliphatic rings. The third-order valence-corrected chi connectivity index (χ3v) is 4.08. The van der Waals surface area contributed by atoms with Gasteiger partial charge in [0, 0.05) is 17.3 Å². The van der Waals surface area contributed by atoms with Crippen LogP contribution in [0, 0.1) is 5.82 Å². The summed E-state index contributed by atoms with van der Waals surface area (Å²) in [7, 11) is 0. The van der Waals surface area contributed by atoms with Gasteiger partial charge in [-0.25, -0.2) is 8.91 Å². The second-order valence-electron chi connectivity index (χ2n) is 4.76. The first-order valence-corrected chi connectivity index (χ1v) is 7.61. The molecule has 0 bridgehead atoms. The van der Waals surface area contributed by atoms with Crippen molar-refractivity contribution in [2.45, 2.75) is 13.0 Å². The van der Waals surface area contributed by atoms with Crippen LogP contribution >= 0.6 is 15.9 Å². The van der Waals surface area contributed by atoms with E-state index in [1.807, 2.05) is 37.4 Å². The van der Waals surface area contributed by atoms with Crippen LogP contribution < -0.4 is 5.32 Å². The molecule has 3 aromatic rings. The summed E-state index contributed by atoms with van der Waals surface area (Å²) in [6, 6.07) is 11.0. The van der Waals surface area contributed by atoms with Crippen molar-refractivity contribution in [1.29, 1.82) is 0 Å². The first-order valence-electron chi connectivity index (χ1n) is 6.82. The molecule has 1 aromatic carbocycles. The fourth-order valence-electron chi connectivity index (χ4n) is 2.51. The Morgan fingerprint density at radius 2 is 2.10 bits per heavy atom. The maximum atomic E-state index is 14.5.